The van der Waals surface area contributed by atoms with Crippen LogP contribution in [0.5, 0.6) is 0 Å². The van der Waals surface area contributed by atoms with E-state index in [1.165, 1.54) is 36.4 Å². The van der Waals surface area contributed by atoms with Crippen molar-refractivity contribution in [2.75, 3.05) is 12.3 Å². The molecule has 2 aliphatic heterocycles. The first-order valence-electron chi connectivity index (χ1n) is 7.95. The third-order valence-corrected chi connectivity index (χ3v) is 6.18. The molecule has 1 atom stereocenters. The topological polar surface area (TPSA) is 101 Å². The average Bonchev–Trinajstić information content (AvgIpc) is 3.07. The number of thioether (sulfide) groups is 1. The Morgan fingerprint density at radius 3 is 2.63 bits per heavy atom. The lowest BCUT2D eigenvalue weighted by molar-refractivity contribution is -0.124. The molecule has 1 saturated heterocycles. The molecule has 1 fully saturated rings. The van der Waals surface area contributed by atoms with Gasteiger partial charge in [-0.15, -0.1) is 0 Å². The standard InChI is InChI=1S/C17H15FN2O5S2/c18-12-3-1-11(2-4-12)9-14-16(22)20(17(23)26-14)7-5-15(21)19-13-6-8-27(24,25)10-13/h1-4,6,8-9,13H,5,7,10H2,(H,19,21)/b14-9+/t13-/m0/s1. The maximum absolute atomic E-state index is 12.9. The Kier molecular flexibility index (Phi) is 5.47. The predicted octanol–water partition coefficient (Wildman–Crippen LogP) is 1.68. The van der Waals surface area contributed by atoms with E-state index in [2.05, 4.69) is 5.32 Å². The van der Waals surface area contributed by atoms with E-state index in [-0.39, 0.29) is 23.6 Å². The minimum absolute atomic E-state index is 0.111. The summed E-state index contributed by atoms with van der Waals surface area (Å²) in [5.41, 5.74) is 0.578. The van der Waals surface area contributed by atoms with Crippen LogP contribution in [0.15, 0.2) is 40.7 Å². The summed E-state index contributed by atoms with van der Waals surface area (Å²) in [4.78, 5) is 37.5. The van der Waals surface area contributed by atoms with Gasteiger partial charge in [-0.05, 0) is 41.6 Å². The first-order chi connectivity index (χ1) is 12.7. The van der Waals surface area contributed by atoms with Crippen LogP contribution in [0.4, 0.5) is 9.18 Å². The van der Waals surface area contributed by atoms with Crippen molar-refractivity contribution in [1.29, 1.82) is 0 Å². The van der Waals surface area contributed by atoms with Gasteiger partial charge in [0, 0.05) is 18.4 Å². The molecule has 2 heterocycles. The number of hydrogen-bond donors (Lipinski definition) is 1. The Morgan fingerprint density at radius 1 is 1.30 bits per heavy atom. The number of carbonyl (C=O) groups is 3. The smallest absolute Gasteiger partial charge is 0.293 e. The number of nitrogens with one attached hydrogen (secondary N) is 1. The minimum atomic E-state index is -3.28. The third kappa shape index (κ3) is 4.83. The second kappa shape index (κ2) is 7.65. The van der Waals surface area contributed by atoms with Crippen molar-refractivity contribution in [1.82, 2.24) is 10.2 Å². The van der Waals surface area contributed by atoms with Gasteiger partial charge in [0.05, 0.1) is 16.7 Å². The van der Waals surface area contributed by atoms with Crippen LogP contribution in [-0.2, 0) is 19.4 Å². The molecule has 1 aromatic rings. The number of halogens is 1. The van der Waals surface area contributed by atoms with Crippen LogP contribution in [0.25, 0.3) is 6.08 Å². The summed E-state index contributed by atoms with van der Waals surface area (Å²) in [6, 6.07) is 4.87. The van der Waals surface area contributed by atoms with Gasteiger partial charge in [0.15, 0.2) is 9.84 Å². The molecule has 142 valence electrons. The van der Waals surface area contributed by atoms with Gasteiger partial charge >= 0.3 is 0 Å². The summed E-state index contributed by atoms with van der Waals surface area (Å²) in [6.45, 7) is -0.111. The number of imide groups is 1. The molecule has 3 rings (SSSR count). The lowest BCUT2D eigenvalue weighted by Crippen LogP contribution is -2.38. The second-order valence-corrected chi connectivity index (χ2v) is 8.89. The summed E-state index contributed by atoms with van der Waals surface area (Å²) in [7, 11) is -3.28. The summed E-state index contributed by atoms with van der Waals surface area (Å²) >= 11 is 0.748. The zero-order chi connectivity index (χ0) is 19.6. The van der Waals surface area contributed by atoms with Gasteiger partial charge in [-0.2, -0.15) is 0 Å². The zero-order valence-electron chi connectivity index (χ0n) is 13.9. The van der Waals surface area contributed by atoms with Crippen LogP contribution in [0.2, 0.25) is 0 Å². The van der Waals surface area contributed by atoms with E-state index in [1.54, 1.807) is 0 Å². The highest BCUT2D eigenvalue weighted by Crippen LogP contribution is 2.32. The maximum atomic E-state index is 12.9. The van der Waals surface area contributed by atoms with Crippen LogP contribution >= 0.6 is 11.8 Å². The molecule has 2 aliphatic rings. The van der Waals surface area contributed by atoms with Crippen molar-refractivity contribution in [3.63, 3.8) is 0 Å². The fourth-order valence-corrected chi connectivity index (χ4v) is 4.66. The van der Waals surface area contributed by atoms with Crippen LogP contribution in [0, 0.1) is 5.82 Å². The first kappa shape index (κ1) is 19.3. The molecule has 0 spiro atoms. The molecule has 1 N–H and O–H groups in total. The van der Waals surface area contributed by atoms with Crippen LogP contribution in [-0.4, -0.2) is 48.7 Å². The van der Waals surface area contributed by atoms with E-state index in [0.717, 1.165) is 22.1 Å². The van der Waals surface area contributed by atoms with Crippen molar-refractivity contribution >= 4 is 44.7 Å². The molecule has 27 heavy (non-hydrogen) atoms. The number of nitrogens with zero attached hydrogens (tertiary/aromatic N) is 1. The lowest BCUT2D eigenvalue weighted by atomic mass is 10.2. The molecule has 7 nitrogen and oxygen atoms in total. The molecule has 0 unspecified atom stereocenters. The Balaban J connectivity index is 1.57. The van der Waals surface area contributed by atoms with Crippen molar-refractivity contribution in [3.05, 3.63) is 52.0 Å². The van der Waals surface area contributed by atoms with Gasteiger partial charge in [-0.1, -0.05) is 12.1 Å². The summed E-state index contributed by atoms with van der Waals surface area (Å²) in [5.74, 6) is -1.58. The number of benzene rings is 1. The molecule has 3 amide bonds. The Morgan fingerprint density at radius 2 is 2.00 bits per heavy atom. The minimum Gasteiger partial charge on any atom is -0.349 e. The number of sulfone groups is 1. The predicted molar refractivity (Wildman–Crippen MR) is 98.6 cm³/mol. The van der Waals surface area contributed by atoms with Gasteiger partial charge in [0.2, 0.25) is 5.91 Å². The third-order valence-electron chi connectivity index (χ3n) is 3.88. The molecule has 0 aliphatic carbocycles. The molecule has 10 heteroatoms. The first-order valence-corrected chi connectivity index (χ1v) is 10.5. The largest absolute Gasteiger partial charge is 0.349 e. The summed E-state index contributed by atoms with van der Waals surface area (Å²) in [6.07, 6.45) is 2.74. The molecule has 0 saturated carbocycles. The van der Waals surface area contributed by atoms with Crippen molar-refractivity contribution in [3.8, 4) is 0 Å². The molecule has 0 radical (unpaired) electrons. The van der Waals surface area contributed by atoms with Gasteiger partial charge in [-0.3, -0.25) is 19.3 Å². The van der Waals surface area contributed by atoms with Crippen molar-refractivity contribution < 1.29 is 27.2 Å². The zero-order valence-corrected chi connectivity index (χ0v) is 15.6. The highest BCUT2D eigenvalue weighted by atomic mass is 32.2. The van der Waals surface area contributed by atoms with E-state index in [4.69, 9.17) is 0 Å². The van der Waals surface area contributed by atoms with E-state index in [1.807, 2.05) is 0 Å². The Hall–Kier alpha value is -2.46. The molecular weight excluding hydrogens is 395 g/mol. The van der Waals surface area contributed by atoms with Gasteiger partial charge in [-0.25, -0.2) is 12.8 Å². The van der Waals surface area contributed by atoms with Crippen LogP contribution in [0.1, 0.15) is 12.0 Å². The maximum Gasteiger partial charge on any atom is 0.293 e. The van der Waals surface area contributed by atoms with Crippen LogP contribution in [0.3, 0.4) is 0 Å². The Labute approximate surface area is 159 Å². The SMILES string of the molecule is O=C(CCN1C(=O)S/C(=C/c2ccc(F)cc2)C1=O)N[C@H]1C=CS(=O)(=O)C1. The molecule has 0 bridgehead atoms. The Bertz CT molecular complexity index is 954. The van der Waals surface area contributed by atoms with E-state index < -0.39 is 38.7 Å². The summed E-state index contributed by atoms with van der Waals surface area (Å²) in [5, 5.41) is 3.09. The quantitative estimate of drug-likeness (QED) is 0.742. The average molecular weight is 410 g/mol. The highest BCUT2D eigenvalue weighted by Gasteiger charge is 2.35. The number of hydrogen-bond acceptors (Lipinski definition) is 6. The monoisotopic (exact) mass is 410 g/mol. The number of carbonyl (C=O) groups excluding carboxylic acids is 3. The summed E-state index contributed by atoms with van der Waals surface area (Å²) < 4.78 is 35.6. The molecular formula is C17H15FN2O5S2. The van der Waals surface area contributed by atoms with Gasteiger partial charge in [0.1, 0.15) is 5.82 Å². The number of rotatable bonds is 5. The van der Waals surface area contributed by atoms with Crippen molar-refractivity contribution in [2.45, 2.75) is 12.5 Å². The van der Waals surface area contributed by atoms with Crippen LogP contribution < -0.4 is 5.32 Å². The van der Waals surface area contributed by atoms with E-state index in [0.29, 0.717) is 5.56 Å². The fraction of sp³-hybridized carbons (Fsp3) is 0.235. The van der Waals surface area contributed by atoms with Gasteiger partial charge < -0.3 is 5.32 Å². The molecule has 0 aromatic heterocycles. The normalized spacial score (nSPS) is 22.6. The van der Waals surface area contributed by atoms with E-state index >= 15 is 0 Å². The van der Waals surface area contributed by atoms with Crippen molar-refractivity contribution in [2.24, 2.45) is 0 Å². The number of amides is 3. The van der Waals surface area contributed by atoms with Gasteiger partial charge in [0.25, 0.3) is 11.1 Å². The highest BCUT2D eigenvalue weighted by molar-refractivity contribution is 8.18. The fourth-order valence-electron chi connectivity index (χ4n) is 2.56. The lowest BCUT2D eigenvalue weighted by Gasteiger charge is -2.14. The second-order valence-electron chi connectivity index (χ2n) is 5.97. The van der Waals surface area contributed by atoms with E-state index in [9.17, 15) is 27.2 Å². The molecule has 1 aromatic carbocycles.